The molecule has 0 spiro atoms. The van der Waals surface area contributed by atoms with E-state index in [0.717, 1.165) is 6.07 Å². The fourth-order valence-electron chi connectivity index (χ4n) is 2.04. The Bertz CT molecular complexity index is 693. The Hall–Kier alpha value is -2.30. The quantitative estimate of drug-likeness (QED) is 0.868. The number of ketones is 1. The summed E-state index contributed by atoms with van der Waals surface area (Å²) in [5, 5.41) is 3.20. The Morgan fingerprint density at radius 1 is 1.18 bits per heavy atom. The Morgan fingerprint density at radius 2 is 1.91 bits per heavy atom. The van der Waals surface area contributed by atoms with Crippen LogP contribution in [0.1, 0.15) is 36.7 Å². The van der Waals surface area contributed by atoms with Crippen molar-refractivity contribution in [1.82, 2.24) is 4.98 Å². The second-order valence-corrected chi connectivity index (χ2v) is 6.09. The second-order valence-electron chi connectivity index (χ2n) is 6.09. The smallest absolute Gasteiger partial charge is 0.170 e. The van der Waals surface area contributed by atoms with Gasteiger partial charge in [-0.15, -0.1) is 0 Å². The van der Waals surface area contributed by atoms with Crippen LogP contribution in [0.25, 0.3) is 0 Å². The number of nitrogens with zero attached hydrogens (tertiary/aromatic N) is 1. The monoisotopic (exact) mass is 304 g/mol. The van der Waals surface area contributed by atoms with Gasteiger partial charge in [-0.2, -0.15) is 0 Å². The average Bonchev–Trinajstić information content (AvgIpc) is 2.42. The average molecular weight is 304 g/mol. The molecule has 1 aromatic carbocycles. The van der Waals surface area contributed by atoms with Crippen LogP contribution in [-0.4, -0.2) is 16.3 Å². The summed E-state index contributed by atoms with van der Waals surface area (Å²) in [7, 11) is 0. The third kappa shape index (κ3) is 3.87. The molecule has 3 nitrogen and oxygen atoms in total. The first-order valence-electron chi connectivity index (χ1n) is 6.97. The number of halogens is 2. The van der Waals surface area contributed by atoms with Gasteiger partial charge in [0.1, 0.15) is 5.82 Å². The summed E-state index contributed by atoms with van der Waals surface area (Å²) in [5.74, 6) is -2.05. The lowest BCUT2D eigenvalue weighted by Gasteiger charge is -2.23. The van der Waals surface area contributed by atoms with Gasteiger partial charge in [0, 0.05) is 23.7 Å². The molecule has 0 amide bonds. The molecule has 1 aromatic heterocycles. The van der Waals surface area contributed by atoms with Gasteiger partial charge < -0.3 is 5.32 Å². The zero-order chi connectivity index (χ0) is 16.3. The maximum absolute atomic E-state index is 13.7. The molecule has 2 aromatic rings. The van der Waals surface area contributed by atoms with Crippen LogP contribution in [0.3, 0.4) is 0 Å². The molecule has 0 aliphatic rings. The van der Waals surface area contributed by atoms with Crippen LogP contribution >= 0.6 is 0 Å². The highest BCUT2D eigenvalue weighted by Gasteiger charge is 2.19. The van der Waals surface area contributed by atoms with Crippen molar-refractivity contribution in [2.45, 2.75) is 32.7 Å². The fraction of sp³-hybridized carbons (Fsp3) is 0.294. The molecule has 0 fully saturated rings. The molecule has 1 N–H and O–H groups in total. The van der Waals surface area contributed by atoms with Gasteiger partial charge in [0.25, 0.3) is 0 Å². The summed E-state index contributed by atoms with van der Waals surface area (Å²) >= 11 is 0. The molecule has 0 aliphatic carbocycles. The number of anilines is 1. The molecular formula is C17H18F2N2O. The number of carbonyl (C=O) groups is 1. The number of aromatic nitrogens is 1. The van der Waals surface area contributed by atoms with Gasteiger partial charge in [0.05, 0.1) is 5.56 Å². The van der Waals surface area contributed by atoms with Gasteiger partial charge in [-0.25, -0.2) is 13.8 Å². The first kappa shape index (κ1) is 16.1. The summed E-state index contributed by atoms with van der Waals surface area (Å²) in [4.78, 5) is 16.5. The van der Waals surface area contributed by atoms with Crippen LogP contribution in [0.4, 0.5) is 14.6 Å². The number of pyridine rings is 1. The van der Waals surface area contributed by atoms with Crippen molar-refractivity contribution in [3.05, 3.63) is 59.3 Å². The highest BCUT2D eigenvalue weighted by atomic mass is 19.2. The van der Waals surface area contributed by atoms with E-state index in [-0.39, 0.29) is 17.5 Å². The zero-order valence-corrected chi connectivity index (χ0v) is 12.8. The Morgan fingerprint density at radius 3 is 2.59 bits per heavy atom. The van der Waals surface area contributed by atoms with E-state index < -0.39 is 17.4 Å². The van der Waals surface area contributed by atoms with E-state index in [1.54, 1.807) is 18.3 Å². The largest absolute Gasteiger partial charge is 0.365 e. The van der Waals surface area contributed by atoms with Crippen molar-refractivity contribution in [3.63, 3.8) is 0 Å². The van der Waals surface area contributed by atoms with Crippen molar-refractivity contribution < 1.29 is 13.6 Å². The van der Waals surface area contributed by atoms with Crippen LogP contribution in [-0.2, 0) is 6.42 Å². The Kier molecular flexibility index (Phi) is 4.54. The van der Waals surface area contributed by atoms with Crippen LogP contribution in [0.15, 0.2) is 36.5 Å². The van der Waals surface area contributed by atoms with E-state index in [2.05, 4.69) is 10.3 Å². The molecule has 0 atom stereocenters. The molecule has 0 bridgehead atoms. The molecule has 22 heavy (non-hydrogen) atoms. The topological polar surface area (TPSA) is 42.0 Å². The highest BCUT2D eigenvalue weighted by Crippen LogP contribution is 2.20. The number of hydrogen-bond acceptors (Lipinski definition) is 3. The molecule has 116 valence electrons. The lowest BCUT2D eigenvalue weighted by atomic mass is 10.0. The predicted molar refractivity (Wildman–Crippen MR) is 82.0 cm³/mol. The van der Waals surface area contributed by atoms with E-state index in [4.69, 9.17) is 0 Å². The minimum Gasteiger partial charge on any atom is -0.365 e. The number of benzene rings is 1. The summed E-state index contributed by atoms with van der Waals surface area (Å²) in [6.45, 7) is 5.92. The molecule has 1 heterocycles. The van der Waals surface area contributed by atoms with Crippen LogP contribution in [0.5, 0.6) is 0 Å². The van der Waals surface area contributed by atoms with Gasteiger partial charge in [0.2, 0.25) is 0 Å². The number of Topliss-reactive ketones (excluding diaryl/α,β-unsaturated/α-hetero) is 1. The van der Waals surface area contributed by atoms with Crippen molar-refractivity contribution in [2.75, 3.05) is 5.32 Å². The van der Waals surface area contributed by atoms with Gasteiger partial charge in [0.15, 0.2) is 17.4 Å². The normalized spacial score (nSPS) is 11.3. The van der Waals surface area contributed by atoms with E-state index in [0.29, 0.717) is 11.4 Å². The molecule has 0 aliphatic heterocycles. The lowest BCUT2D eigenvalue weighted by molar-refractivity contribution is 0.0988. The standard InChI is InChI=1S/C17H18F2N2O/c1-17(2,3)21-16-11(6-5-9-20-16)10-14(22)12-7-4-8-13(18)15(12)19/h4-9H,10H2,1-3H3,(H,20,21). The van der Waals surface area contributed by atoms with E-state index >= 15 is 0 Å². The van der Waals surface area contributed by atoms with Gasteiger partial charge >= 0.3 is 0 Å². The molecule has 0 saturated heterocycles. The number of nitrogens with one attached hydrogen (secondary N) is 1. The number of rotatable bonds is 4. The maximum Gasteiger partial charge on any atom is 0.170 e. The van der Waals surface area contributed by atoms with E-state index in [1.807, 2.05) is 20.8 Å². The molecule has 2 rings (SSSR count). The third-order valence-corrected chi connectivity index (χ3v) is 2.99. The Balaban J connectivity index is 2.27. The molecular weight excluding hydrogens is 286 g/mol. The van der Waals surface area contributed by atoms with E-state index in [1.165, 1.54) is 12.1 Å². The number of hydrogen-bond donors (Lipinski definition) is 1. The van der Waals surface area contributed by atoms with Crippen molar-refractivity contribution in [2.24, 2.45) is 0 Å². The van der Waals surface area contributed by atoms with E-state index in [9.17, 15) is 13.6 Å². The minimum absolute atomic E-state index is 0.0490. The number of carbonyl (C=O) groups excluding carboxylic acids is 1. The Labute approximate surface area is 128 Å². The maximum atomic E-state index is 13.7. The first-order valence-corrected chi connectivity index (χ1v) is 6.97. The summed E-state index contributed by atoms with van der Waals surface area (Å²) in [6.07, 6.45) is 1.57. The van der Waals surface area contributed by atoms with Crippen LogP contribution < -0.4 is 5.32 Å². The second kappa shape index (κ2) is 6.22. The van der Waals surface area contributed by atoms with Gasteiger partial charge in [-0.3, -0.25) is 4.79 Å². The molecule has 0 radical (unpaired) electrons. The van der Waals surface area contributed by atoms with Crippen molar-refractivity contribution in [1.29, 1.82) is 0 Å². The lowest BCUT2D eigenvalue weighted by Crippen LogP contribution is -2.27. The first-order chi connectivity index (χ1) is 10.3. The fourth-order valence-corrected chi connectivity index (χ4v) is 2.04. The van der Waals surface area contributed by atoms with Gasteiger partial charge in [-0.1, -0.05) is 12.1 Å². The molecule has 5 heteroatoms. The summed E-state index contributed by atoms with van der Waals surface area (Å²) in [5.41, 5.74) is 0.174. The van der Waals surface area contributed by atoms with Crippen LogP contribution in [0.2, 0.25) is 0 Å². The molecule has 0 saturated carbocycles. The predicted octanol–water partition coefficient (Wildman–Crippen LogP) is 4.00. The van der Waals surface area contributed by atoms with Crippen LogP contribution in [0, 0.1) is 11.6 Å². The third-order valence-electron chi connectivity index (χ3n) is 2.99. The van der Waals surface area contributed by atoms with Crippen molar-refractivity contribution in [3.8, 4) is 0 Å². The SMILES string of the molecule is CC(C)(C)Nc1ncccc1CC(=O)c1cccc(F)c1F. The minimum atomic E-state index is -1.11. The zero-order valence-electron chi connectivity index (χ0n) is 12.8. The molecule has 0 unspecified atom stereocenters. The highest BCUT2D eigenvalue weighted by molar-refractivity contribution is 5.98. The summed E-state index contributed by atoms with van der Waals surface area (Å²) < 4.78 is 26.9. The van der Waals surface area contributed by atoms with Gasteiger partial charge in [-0.05, 0) is 39.0 Å². The summed E-state index contributed by atoms with van der Waals surface area (Å²) in [6, 6.07) is 7.05. The van der Waals surface area contributed by atoms with Crippen molar-refractivity contribution >= 4 is 11.6 Å².